The van der Waals surface area contributed by atoms with E-state index in [4.69, 9.17) is 0 Å². The minimum Gasteiger partial charge on any atom is -0.494 e. The Morgan fingerprint density at radius 2 is 1.88 bits per heavy atom. The maximum atomic E-state index is 15.0. The fourth-order valence-corrected chi connectivity index (χ4v) is 5.23. The van der Waals surface area contributed by atoms with Gasteiger partial charge in [0.15, 0.2) is 0 Å². The molecule has 0 saturated carbocycles. The van der Waals surface area contributed by atoms with Crippen LogP contribution in [0.15, 0.2) is 63.0 Å². The van der Waals surface area contributed by atoms with Crippen LogP contribution in [0.25, 0.3) is 21.9 Å². The van der Waals surface area contributed by atoms with Gasteiger partial charge in [0.25, 0.3) is 5.56 Å². The molecule has 1 aliphatic rings. The molecule has 1 fully saturated rings. The van der Waals surface area contributed by atoms with Gasteiger partial charge in [-0.05, 0) is 66.1 Å². The lowest BCUT2D eigenvalue weighted by Crippen LogP contribution is -2.54. The maximum Gasteiger partial charge on any atom is 0.258 e. The van der Waals surface area contributed by atoms with Crippen molar-refractivity contribution < 1.29 is 9.50 Å². The number of halogens is 1. The number of nitrogens with zero attached hydrogens (tertiary/aromatic N) is 2. The largest absolute Gasteiger partial charge is 0.494 e. The molecular formula is C26H25FN4O2S. The Morgan fingerprint density at radius 3 is 2.59 bits per heavy atom. The van der Waals surface area contributed by atoms with Crippen molar-refractivity contribution in [3.8, 4) is 17.0 Å². The molecule has 1 saturated heterocycles. The zero-order chi connectivity index (χ0) is 23.8. The lowest BCUT2D eigenvalue weighted by Gasteiger charge is -2.37. The van der Waals surface area contributed by atoms with Gasteiger partial charge in [-0.1, -0.05) is 6.07 Å². The zero-order valence-electron chi connectivity index (χ0n) is 18.9. The zero-order valence-corrected chi connectivity index (χ0v) is 19.7. The normalized spacial score (nSPS) is 18.7. The highest BCUT2D eigenvalue weighted by atomic mass is 32.1. The second-order valence-electron chi connectivity index (χ2n) is 8.76. The number of aliphatic imine (C=N–C) groups is 1. The number of piperazine rings is 1. The van der Waals surface area contributed by atoms with Gasteiger partial charge in [0.2, 0.25) is 5.88 Å². The smallest absolute Gasteiger partial charge is 0.258 e. The highest BCUT2D eigenvalue weighted by molar-refractivity contribution is 7.08. The van der Waals surface area contributed by atoms with Crippen LogP contribution < -0.4 is 15.8 Å². The number of benzene rings is 2. The number of nitrogens with one attached hydrogen (secondary N) is 2. The summed E-state index contributed by atoms with van der Waals surface area (Å²) >= 11 is 1.58. The number of anilines is 1. The standard InChI is InChI=1S/C26H25FN4O2S/c1-15-12-31(13-16(2)29-15)24-6-4-19(10-23(24)27)28-11-22-21-9-17(18-7-8-34-14-18)3-5-20(21)25(32)30-26(22)33/h3-11,14-16,29H,12-13H2,1-2H3,(H2,30,32,33)/t15-,16+. The first kappa shape index (κ1) is 22.3. The van der Waals surface area contributed by atoms with E-state index < -0.39 is 0 Å². The summed E-state index contributed by atoms with van der Waals surface area (Å²) < 4.78 is 15.0. The predicted molar refractivity (Wildman–Crippen MR) is 137 cm³/mol. The first-order valence-corrected chi connectivity index (χ1v) is 12.1. The molecule has 6 nitrogen and oxygen atoms in total. The molecular weight excluding hydrogens is 451 g/mol. The molecule has 1 aliphatic heterocycles. The molecule has 3 N–H and O–H groups in total. The first-order chi connectivity index (χ1) is 16.4. The van der Waals surface area contributed by atoms with Crippen molar-refractivity contribution in [2.75, 3.05) is 18.0 Å². The first-order valence-electron chi connectivity index (χ1n) is 11.1. The van der Waals surface area contributed by atoms with Crippen LogP contribution in [-0.2, 0) is 0 Å². The second-order valence-corrected chi connectivity index (χ2v) is 9.54. The van der Waals surface area contributed by atoms with Crippen LogP contribution in [0.4, 0.5) is 15.8 Å². The minimum absolute atomic E-state index is 0.274. The molecule has 2 aromatic carbocycles. The summed E-state index contributed by atoms with van der Waals surface area (Å²) in [4.78, 5) is 21.3. The van der Waals surface area contributed by atoms with Gasteiger partial charge in [-0.3, -0.25) is 14.8 Å². The molecule has 5 rings (SSSR count). The Hall–Kier alpha value is -3.49. The Bertz CT molecular complexity index is 1420. The van der Waals surface area contributed by atoms with Gasteiger partial charge >= 0.3 is 0 Å². The fourth-order valence-electron chi connectivity index (χ4n) is 4.57. The van der Waals surface area contributed by atoms with Crippen LogP contribution in [0, 0.1) is 5.82 Å². The quantitative estimate of drug-likeness (QED) is 0.361. The van der Waals surface area contributed by atoms with Gasteiger partial charge < -0.3 is 15.3 Å². The molecule has 8 heteroatoms. The number of pyridine rings is 1. The van der Waals surface area contributed by atoms with Crippen molar-refractivity contribution in [2.45, 2.75) is 25.9 Å². The molecule has 2 aromatic heterocycles. The van der Waals surface area contributed by atoms with Gasteiger partial charge in [0, 0.05) is 48.2 Å². The molecule has 34 heavy (non-hydrogen) atoms. The fraction of sp³-hybridized carbons (Fsp3) is 0.231. The van der Waals surface area contributed by atoms with E-state index in [0.717, 1.165) is 24.2 Å². The van der Waals surface area contributed by atoms with Crippen molar-refractivity contribution in [3.63, 3.8) is 0 Å². The van der Waals surface area contributed by atoms with E-state index in [2.05, 4.69) is 29.1 Å². The average molecular weight is 477 g/mol. The lowest BCUT2D eigenvalue weighted by molar-refractivity contribution is 0.404. The molecule has 2 atom stereocenters. The van der Waals surface area contributed by atoms with E-state index >= 15 is 0 Å². The van der Waals surface area contributed by atoms with Gasteiger partial charge in [-0.15, -0.1) is 0 Å². The molecule has 174 valence electrons. The van der Waals surface area contributed by atoms with Crippen LogP contribution in [0.1, 0.15) is 19.4 Å². The summed E-state index contributed by atoms with van der Waals surface area (Å²) in [6.45, 7) is 5.63. The van der Waals surface area contributed by atoms with Crippen molar-refractivity contribution >= 4 is 39.7 Å². The summed E-state index contributed by atoms with van der Waals surface area (Å²) in [5.74, 6) is -0.615. The van der Waals surface area contributed by atoms with E-state index in [-0.39, 0.29) is 29.3 Å². The van der Waals surface area contributed by atoms with Gasteiger partial charge in [-0.2, -0.15) is 11.3 Å². The number of rotatable bonds is 4. The SMILES string of the molecule is C[C@@H]1CN(c2ccc(N=Cc3c(O)[nH]c(=O)c4ccc(-c5ccsc5)cc34)cc2F)C[C@H](C)N1. The van der Waals surface area contributed by atoms with Crippen LogP contribution in [0.3, 0.4) is 0 Å². The number of H-pyrrole nitrogens is 1. The number of thiophene rings is 1. The van der Waals surface area contributed by atoms with Crippen LogP contribution >= 0.6 is 11.3 Å². The van der Waals surface area contributed by atoms with E-state index in [9.17, 15) is 14.3 Å². The second kappa shape index (κ2) is 9.04. The van der Waals surface area contributed by atoms with Crippen molar-refractivity contribution in [2.24, 2.45) is 4.99 Å². The highest BCUT2D eigenvalue weighted by Crippen LogP contribution is 2.30. The number of hydrogen-bond donors (Lipinski definition) is 3. The topological polar surface area (TPSA) is 80.7 Å². The molecule has 0 aliphatic carbocycles. The van der Waals surface area contributed by atoms with Gasteiger partial charge in [0.05, 0.1) is 16.9 Å². The van der Waals surface area contributed by atoms with Crippen LogP contribution in [0.5, 0.6) is 5.88 Å². The maximum absolute atomic E-state index is 15.0. The summed E-state index contributed by atoms with van der Waals surface area (Å²) in [5, 5.41) is 19.0. The van der Waals surface area contributed by atoms with Crippen molar-refractivity contribution in [1.82, 2.24) is 10.3 Å². The lowest BCUT2D eigenvalue weighted by atomic mass is 10.0. The van der Waals surface area contributed by atoms with E-state index in [0.29, 0.717) is 27.7 Å². The summed E-state index contributed by atoms with van der Waals surface area (Å²) in [5.41, 5.74) is 2.94. The Labute approximate surface area is 200 Å². The summed E-state index contributed by atoms with van der Waals surface area (Å²) in [7, 11) is 0. The van der Waals surface area contributed by atoms with Crippen molar-refractivity contribution in [3.05, 3.63) is 75.0 Å². The Balaban J connectivity index is 1.50. The van der Waals surface area contributed by atoms with Gasteiger partial charge in [-0.25, -0.2) is 4.39 Å². The number of fused-ring (bicyclic) bond motifs is 1. The number of aromatic nitrogens is 1. The predicted octanol–water partition coefficient (Wildman–Crippen LogP) is 5.04. The van der Waals surface area contributed by atoms with Crippen LogP contribution in [0.2, 0.25) is 0 Å². The number of aromatic amines is 1. The van der Waals surface area contributed by atoms with Crippen molar-refractivity contribution in [1.29, 1.82) is 0 Å². The Kier molecular flexibility index (Phi) is 5.93. The molecule has 3 heterocycles. The van der Waals surface area contributed by atoms with E-state index in [1.807, 2.05) is 33.9 Å². The third kappa shape index (κ3) is 4.34. The molecule has 0 bridgehead atoms. The summed E-state index contributed by atoms with van der Waals surface area (Å²) in [6.07, 6.45) is 1.47. The summed E-state index contributed by atoms with van der Waals surface area (Å²) in [6, 6.07) is 12.9. The Morgan fingerprint density at radius 1 is 1.09 bits per heavy atom. The van der Waals surface area contributed by atoms with Gasteiger partial charge in [0.1, 0.15) is 5.82 Å². The molecule has 0 radical (unpaired) electrons. The minimum atomic E-state index is -0.378. The monoisotopic (exact) mass is 476 g/mol. The highest BCUT2D eigenvalue weighted by Gasteiger charge is 2.23. The third-order valence-electron chi connectivity index (χ3n) is 6.07. The van der Waals surface area contributed by atoms with E-state index in [1.165, 1.54) is 12.3 Å². The molecule has 0 unspecified atom stereocenters. The third-order valence-corrected chi connectivity index (χ3v) is 6.75. The molecule has 0 amide bonds. The average Bonchev–Trinajstić information content (AvgIpc) is 3.33. The number of aromatic hydroxyl groups is 1. The van der Waals surface area contributed by atoms with E-state index in [1.54, 1.807) is 29.5 Å². The molecule has 4 aromatic rings. The molecule has 0 spiro atoms. The van der Waals surface area contributed by atoms with Crippen LogP contribution in [-0.4, -0.2) is 41.5 Å². The number of hydrogen-bond acceptors (Lipinski definition) is 6.